The largest absolute Gasteiger partial charge is 0.419 e. The summed E-state index contributed by atoms with van der Waals surface area (Å²) in [6.45, 7) is -0.213. The molecule has 4 rings (SSSR count). The minimum absolute atomic E-state index is 0.0301. The predicted molar refractivity (Wildman–Crippen MR) is 127 cm³/mol. The van der Waals surface area contributed by atoms with E-state index in [4.69, 9.17) is 0 Å². The van der Waals surface area contributed by atoms with E-state index >= 15 is 0 Å². The zero-order valence-corrected chi connectivity index (χ0v) is 21.1. The van der Waals surface area contributed by atoms with Crippen LogP contribution in [0, 0.1) is 12.7 Å². The van der Waals surface area contributed by atoms with Gasteiger partial charge in [-0.2, -0.15) is 44.3 Å². The molecule has 0 radical (unpaired) electrons. The minimum Gasteiger partial charge on any atom is -0.330 e. The highest BCUT2D eigenvalue weighted by molar-refractivity contribution is 5.70. The van der Waals surface area contributed by atoms with Crippen LogP contribution < -0.4 is 4.90 Å². The van der Waals surface area contributed by atoms with Crippen LogP contribution >= 0.6 is 0 Å². The van der Waals surface area contributed by atoms with Gasteiger partial charge in [0.25, 0.3) is 5.95 Å². The summed E-state index contributed by atoms with van der Waals surface area (Å²) in [4.78, 5) is 2.02. The smallest absolute Gasteiger partial charge is 0.330 e. The molecule has 41 heavy (non-hydrogen) atoms. The Morgan fingerprint density at radius 1 is 0.780 bits per heavy atom. The number of tetrazole rings is 1. The number of hydrogen-bond donors (Lipinski definition) is 0. The molecule has 4 aromatic rings. The van der Waals surface area contributed by atoms with Crippen molar-refractivity contribution in [1.29, 1.82) is 0 Å². The van der Waals surface area contributed by atoms with Crippen molar-refractivity contribution in [2.24, 2.45) is 7.05 Å². The number of aromatic nitrogens is 4. The summed E-state index contributed by atoms with van der Waals surface area (Å²) in [6, 6.07) is 9.41. The third-order valence-corrected chi connectivity index (χ3v) is 6.18. The maximum atomic E-state index is 14.8. The normalized spacial score (nSPS) is 12.6. The molecule has 3 aromatic carbocycles. The minimum atomic E-state index is -5.12. The zero-order valence-electron chi connectivity index (χ0n) is 21.1. The lowest BCUT2D eigenvalue weighted by Crippen LogP contribution is -2.26. The van der Waals surface area contributed by atoms with E-state index in [1.165, 1.54) is 19.2 Å². The van der Waals surface area contributed by atoms with Gasteiger partial charge >= 0.3 is 18.5 Å². The molecular weight excluding hydrogens is 572 g/mol. The highest BCUT2D eigenvalue weighted by Crippen LogP contribution is 2.41. The Labute approximate surface area is 226 Å². The van der Waals surface area contributed by atoms with Crippen molar-refractivity contribution in [3.63, 3.8) is 0 Å². The van der Waals surface area contributed by atoms with Crippen molar-refractivity contribution in [2.75, 3.05) is 4.90 Å². The molecular formula is C26H19F10N5. The number of aryl methyl sites for hydroxylation is 1. The van der Waals surface area contributed by atoms with Crippen LogP contribution in [0.5, 0.6) is 0 Å². The van der Waals surface area contributed by atoms with Crippen molar-refractivity contribution in [3.05, 3.63) is 93.8 Å². The van der Waals surface area contributed by atoms with Crippen molar-refractivity contribution < 1.29 is 43.9 Å². The lowest BCUT2D eigenvalue weighted by Gasteiger charge is -2.26. The SMILES string of the molecule is Cc1c(CN(Cc2cc(C(F)(F)F)cc(C(F)(F)F)c2)c2nnn(C)n2)c(-c2ccccc2)cc(F)c1C(F)(F)F. The summed E-state index contributed by atoms with van der Waals surface area (Å²) >= 11 is 0. The van der Waals surface area contributed by atoms with E-state index < -0.39 is 65.3 Å². The van der Waals surface area contributed by atoms with E-state index in [-0.39, 0.29) is 23.1 Å². The summed E-state index contributed by atoms with van der Waals surface area (Å²) in [7, 11) is 1.33. The topological polar surface area (TPSA) is 46.8 Å². The molecule has 0 aliphatic heterocycles. The highest BCUT2D eigenvalue weighted by atomic mass is 19.4. The average Bonchev–Trinajstić information content (AvgIpc) is 3.29. The average molecular weight is 591 g/mol. The summed E-state index contributed by atoms with van der Waals surface area (Å²) in [6.07, 6.45) is -15.3. The molecule has 15 heteroatoms. The van der Waals surface area contributed by atoms with Crippen LogP contribution in [0.2, 0.25) is 0 Å². The number of halogens is 10. The molecule has 0 saturated carbocycles. The molecule has 0 N–H and O–H groups in total. The molecule has 0 amide bonds. The lowest BCUT2D eigenvalue weighted by atomic mass is 9.91. The van der Waals surface area contributed by atoms with Crippen molar-refractivity contribution in [1.82, 2.24) is 20.2 Å². The number of benzene rings is 3. The Morgan fingerprint density at radius 2 is 1.37 bits per heavy atom. The van der Waals surface area contributed by atoms with Gasteiger partial charge in [0, 0.05) is 13.1 Å². The van der Waals surface area contributed by atoms with E-state index in [2.05, 4.69) is 15.4 Å². The van der Waals surface area contributed by atoms with Gasteiger partial charge in [0.2, 0.25) is 0 Å². The Bertz CT molecular complexity index is 1510. The molecule has 0 aliphatic carbocycles. The van der Waals surface area contributed by atoms with Crippen LogP contribution in [0.4, 0.5) is 49.9 Å². The Hall–Kier alpha value is -4.17. The van der Waals surface area contributed by atoms with Crippen LogP contribution in [0.1, 0.15) is 33.4 Å². The Morgan fingerprint density at radius 3 is 1.85 bits per heavy atom. The van der Waals surface area contributed by atoms with Crippen LogP contribution in [0.25, 0.3) is 11.1 Å². The predicted octanol–water partition coefficient (Wildman–Crippen LogP) is 7.59. The van der Waals surface area contributed by atoms with Gasteiger partial charge in [0.1, 0.15) is 5.82 Å². The number of rotatable bonds is 6. The molecule has 0 fully saturated rings. The number of nitrogens with zero attached hydrogens (tertiary/aromatic N) is 5. The maximum Gasteiger partial charge on any atom is 0.419 e. The molecule has 1 heterocycles. The van der Waals surface area contributed by atoms with Gasteiger partial charge in [-0.15, -0.1) is 5.10 Å². The monoisotopic (exact) mass is 591 g/mol. The molecule has 0 saturated heterocycles. The van der Waals surface area contributed by atoms with Crippen LogP contribution in [0.15, 0.2) is 54.6 Å². The Balaban J connectivity index is 1.90. The maximum absolute atomic E-state index is 14.8. The number of alkyl halides is 9. The molecule has 5 nitrogen and oxygen atoms in total. The van der Waals surface area contributed by atoms with E-state index in [1.54, 1.807) is 18.2 Å². The quantitative estimate of drug-likeness (QED) is 0.217. The molecule has 0 unspecified atom stereocenters. The van der Waals surface area contributed by atoms with Gasteiger partial charge < -0.3 is 4.90 Å². The van der Waals surface area contributed by atoms with Gasteiger partial charge in [0.05, 0.1) is 23.7 Å². The molecule has 0 aliphatic rings. The molecule has 0 bridgehead atoms. The lowest BCUT2D eigenvalue weighted by molar-refractivity contribution is -0.143. The molecule has 1 aromatic heterocycles. The number of anilines is 1. The fourth-order valence-corrected chi connectivity index (χ4v) is 4.36. The van der Waals surface area contributed by atoms with Gasteiger partial charge in [-0.1, -0.05) is 35.4 Å². The van der Waals surface area contributed by atoms with E-state index in [0.717, 1.165) is 16.6 Å². The summed E-state index contributed by atoms with van der Waals surface area (Å²) in [5.74, 6) is -1.84. The van der Waals surface area contributed by atoms with E-state index in [1.807, 2.05) is 0 Å². The standard InChI is InChI=1S/C26H19F10N5/c1-14-20(19(16-6-4-3-5-7-16)11-21(27)22(14)26(34,35)36)13-41(23-37-39-40(2)38-23)12-15-8-17(24(28,29)30)10-18(9-15)25(31,32)33/h3-11H,12-13H2,1-2H3. The second-order valence-electron chi connectivity index (χ2n) is 9.10. The van der Waals surface area contributed by atoms with Crippen LogP contribution in [-0.4, -0.2) is 20.2 Å². The summed E-state index contributed by atoms with van der Waals surface area (Å²) < 4.78 is 137. The first-order valence-electron chi connectivity index (χ1n) is 11.7. The Kier molecular flexibility index (Phi) is 7.76. The van der Waals surface area contributed by atoms with Gasteiger partial charge in [-0.3, -0.25) is 0 Å². The first-order chi connectivity index (χ1) is 18.9. The molecule has 218 valence electrons. The second-order valence-corrected chi connectivity index (χ2v) is 9.10. The van der Waals surface area contributed by atoms with Crippen molar-refractivity contribution in [2.45, 2.75) is 38.5 Å². The van der Waals surface area contributed by atoms with Gasteiger partial charge in [-0.05, 0) is 64.2 Å². The van der Waals surface area contributed by atoms with Crippen LogP contribution in [0.3, 0.4) is 0 Å². The van der Waals surface area contributed by atoms with Crippen molar-refractivity contribution >= 4 is 5.95 Å². The summed E-state index contributed by atoms with van der Waals surface area (Å²) in [5, 5.41) is 11.3. The second kappa shape index (κ2) is 10.7. The fourth-order valence-electron chi connectivity index (χ4n) is 4.36. The third kappa shape index (κ3) is 6.60. The number of hydrogen-bond acceptors (Lipinski definition) is 4. The highest BCUT2D eigenvalue weighted by Gasteiger charge is 2.39. The first kappa shape index (κ1) is 29.8. The van der Waals surface area contributed by atoms with Crippen LogP contribution in [-0.2, 0) is 38.7 Å². The molecule has 0 spiro atoms. The first-order valence-corrected chi connectivity index (χ1v) is 11.7. The van der Waals surface area contributed by atoms with E-state index in [9.17, 15) is 43.9 Å². The van der Waals surface area contributed by atoms with Gasteiger partial charge in [0.15, 0.2) is 0 Å². The summed E-state index contributed by atoms with van der Waals surface area (Å²) in [5.41, 5.74) is -5.44. The molecule has 0 atom stereocenters. The van der Waals surface area contributed by atoms with Crippen molar-refractivity contribution in [3.8, 4) is 11.1 Å². The van der Waals surface area contributed by atoms with E-state index in [0.29, 0.717) is 23.8 Å². The third-order valence-electron chi connectivity index (χ3n) is 6.18. The van der Waals surface area contributed by atoms with Gasteiger partial charge in [-0.25, -0.2) is 4.39 Å². The zero-order chi connectivity index (χ0) is 30.3. The fraction of sp³-hybridized carbons (Fsp3) is 0.269.